The molecule has 0 aliphatic rings. The fourth-order valence-electron chi connectivity index (χ4n) is 6.68. The van der Waals surface area contributed by atoms with Gasteiger partial charge in [-0.05, 0) is 129 Å². The summed E-state index contributed by atoms with van der Waals surface area (Å²) < 4.78 is 0. The topological polar surface area (TPSA) is 0 Å². The van der Waals surface area contributed by atoms with Gasteiger partial charge in [0.15, 0.2) is 0 Å². The summed E-state index contributed by atoms with van der Waals surface area (Å²) in [7, 11) is 0. The van der Waals surface area contributed by atoms with Crippen molar-refractivity contribution in [3.8, 4) is 11.1 Å². The van der Waals surface area contributed by atoms with Crippen LogP contribution in [0.4, 0.5) is 0 Å². The van der Waals surface area contributed by atoms with Crippen molar-refractivity contribution >= 4 is 35.1 Å². The summed E-state index contributed by atoms with van der Waals surface area (Å²) in [6, 6.07) is 20.3. The van der Waals surface area contributed by atoms with Crippen LogP contribution in [0, 0.1) is 0 Å². The molecule has 0 aliphatic heterocycles. The maximum atomic E-state index is 4.11. The molecule has 0 aromatic heterocycles. The van der Waals surface area contributed by atoms with Gasteiger partial charge in [-0.1, -0.05) is 159 Å². The van der Waals surface area contributed by atoms with Crippen molar-refractivity contribution in [2.75, 3.05) is 0 Å². The van der Waals surface area contributed by atoms with E-state index in [2.05, 4.69) is 116 Å². The van der Waals surface area contributed by atoms with E-state index in [1.54, 1.807) is 11.1 Å². The first-order valence-corrected chi connectivity index (χ1v) is 18.3. The zero-order valence-corrected chi connectivity index (χ0v) is 30.3. The fourth-order valence-corrected chi connectivity index (χ4v) is 6.68. The van der Waals surface area contributed by atoms with Gasteiger partial charge in [0.1, 0.15) is 0 Å². The first-order valence-electron chi connectivity index (χ1n) is 18.3. The number of rotatable bonds is 17. The molecular formula is C47H60. The first-order chi connectivity index (χ1) is 22.9. The molecule has 0 saturated heterocycles. The van der Waals surface area contributed by atoms with Gasteiger partial charge in [-0.2, -0.15) is 0 Å². The molecule has 0 N–H and O–H groups in total. The summed E-state index contributed by atoms with van der Waals surface area (Å²) in [6.45, 7) is 27.4. The Kier molecular flexibility index (Phi) is 15.7. The van der Waals surface area contributed by atoms with E-state index in [9.17, 15) is 0 Å². The molecule has 0 unspecified atom stereocenters. The lowest BCUT2D eigenvalue weighted by Gasteiger charge is -2.20. The number of hydrogen-bond donors (Lipinski definition) is 0. The van der Waals surface area contributed by atoms with Gasteiger partial charge in [-0.3, -0.25) is 0 Å². The van der Waals surface area contributed by atoms with Gasteiger partial charge >= 0.3 is 0 Å². The predicted octanol–water partition coefficient (Wildman–Crippen LogP) is 14.3. The largest absolute Gasteiger partial charge is 0.0985 e. The van der Waals surface area contributed by atoms with Crippen molar-refractivity contribution in [2.45, 2.75) is 112 Å². The Morgan fingerprint density at radius 1 is 0.468 bits per heavy atom. The normalized spacial score (nSPS) is 10.7. The van der Waals surface area contributed by atoms with Crippen LogP contribution in [0.2, 0.25) is 0 Å². The third-order valence-electron chi connectivity index (χ3n) is 9.39. The monoisotopic (exact) mass is 624 g/mol. The van der Waals surface area contributed by atoms with Crippen LogP contribution in [-0.2, 0) is 32.1 Å². The lowest BCUT2D eigenvalue weighted by atomic mass is 9.84. The van der Waals surface area contributed by atoms with Gasteiger partial charge in [0.05, 0.1) is 0 Å². The molecule has 4 rings (SSSR count). The molecule has 0 radical (unpaired) electrons. The minimum Gasteiger partial charge on any atom is -0.0985 e. The maximum absolute atomic E-state index is 4.11. The summed E-state index contributed by atoms with van der Waals surface area (Å²) in [5.41, 5.74) is 14.8. The van der Waals surface area contributed by atoms with Crippen LogP contribution in [0.1, 0.15) is 130 Å². The average molecular weight is 625 g/mol. The van der Waals surface area contributed by atoms with Gasteiger partial charge < -0.3 is 0 Å². The van der Waals surface area contributed by atoms with Crippen molar-refractivity contribution < 1.29 is 0 Å². The summed E-state index contributed by atoms with van der Waals surface area (Å²) in [6.07, 6.45) is 22.3. The van der Waals surface area contributed by atoms with E-state index in [1.807, 2.05) is 24.3 Å². The highest BCUT2D eigenvalue weighted by molar-refractivity contribution is 5.98. The maximum Gasteiger partial charge on any atom is -0.0105 e. The van der Waals surface area contributed by atoms with Gasteiger partial charge in [-0.15, -0.1) is 0 Å². The highest BCUT2D eigenvalue weighted by Crippen LogP contribution is 2.35. The van der Waals surface area contributed by atoms with Crippen molar-refractivity contribution in [2.24, 2.45) is 0 Å². The minimum absolute atomic E-state index is 1.05. The van der Waals surface area contributed by atoms with Crippen LogP contribution in [-0.4, -0.2) is 0 Å². The van der Waals surface area contributed by atoms with Crippen LogP contribution in [0.25, 0.3) is 46.2 Å². The lowest BCUT2D eigenvalue weighted by molar-refractivity contribution is 0.759. The molecule has 0 amide bonds. The van der Waals surface area contributed by atoms with Crippen molar-refractivity contribution in [3.63, 3.8) is 0 Å². The second kappa shape index (κ2) is 19.7. The molecule has 0 bridgehead atoms. The quantitative estimate of drug-likeness (QED) is 0.110. The van der Waals surface area contributed by atoms with E-state index in [1.165, 1.54) is 119 Å². The summed E-state index contributed by atoms with van der Waals surface area (Å²) in [5, 5.41) is 2.89. The Balaban J connectivity index is 0.000000261. The van der Waals surface area contributed by atoms with E-state index in [0.29, 0.717) is 0 Å². The number of fused-ring (bicyclic) bond motifs is 1. The summed E-state index contributed by atoms with van der Waals surface area (Å²) >= 11 is 0. The van der Waals surface area contributed by atoms with Gasteiger partial charge in [0, 0.05) is 0 Å². The number of aryl methyl sites for hydroxylation is 5. The minimum atomic E-state index is 1.05. The van der Waals surface area contributed by atoms with Crippen LogP contribution >= 0.6 is 0 Å². The standard InChI is InChI=1S/C26H36.C21H24/c1-6-11-14-22-17-18-25-21(10-5)19-20(9-4)23(15-12-7-2)26(25)24(22)16-13-8-3;1-5-9-17-11-13-21(19(8-4)15-17)20-12-10-16(6-2)14-18(20)7-3/h9-10,17-19H,4-8,11-16H2,1-3H3;7-8,10-15H,3-6,9H2,1-2H3. The number of hydrogen-bond acceptors (Lipinski definition) is 0. The zero-order valence-electron chi connectivity index (χ0n) is 30.3. The molecule has 0 aliphatic carbocycles. The molecule has 0 spiro atoms. The van der Waals surface area contributed by atoms with Crippen LogP contribution in [0.3, 0.4) is 0 Å². The second-order valence-corrected chi connectivity index (χ2v) is 12.7. The molecule has 4 aromatic rings. The lowest BCUT2D eigenvalue weighted by Crippen LogP contribution is -2.02. The molecule has 0 heteroatoms. The van der Waals surface area contributed by atoms with Crippen LogP contribution < -0.4 is 0 Å². The fraction of sp³-hybridized carbons (Fsp3) is 0.362. The van der Waals surface area contributed by atoms with Gasteiger partial charge in [0.25, 0.3) is 0 Å². The average Bonchev–Trinajstić information content (AvgIpc) is 3.11. The van der Waals surface area contributed by atoms with E-state index >= 15 is 0 Å². The Morgan fingerprint density at radius 2 is 1.00 bits per heavy atom. The third-order valence-corrected chi connectivity index (χ3v) is 9.39. The SMILES string of the molecule is C=Cc1cc(C=C)c2ccc(CCCC)c(CCCC)c2c1CCCC.C=Cc1cc(CC)ccc1-c1ccc(CCC)cc1C=C. The highest BCUT2D eigenvalue weighted by atomic mass is 14.2. The van der Waals surface area contributed by atoms with Crippen LogP contribution in [0.15, 0.2) is 80.9 Å². The van der Waals surface area contributed by atoms with E-state index in [4.69, 9.17) is 0 Å². The van der Waals surface area contributed by atoms with E-state index < -0.39 is 0 Å². The summed E-state index contributed by atoms with van der Waals surface area (Å²) in [5.74, 6) is 0. The predicted molar refractivity (Wildman–Crippen MR) is 215 cm³/mol. The summed E-state index contributed by atoms with van der Waals surface area (Å²) in [4.78, 5) is 0. The Labute approximate surface area is 288 Å². The van der Waals surface area contributed by atoms with Crippen molar-refractivity contribution in [1.29, 1.82) is 0 Å². The van der Waals surface area contributed by atoms with Gasteiger partial charge in [-0.25, -0.2) is 0 Å². The van der Waals surface area contributed by atoms with Crippen LogP contribution in [0.5, 0.6) is 0 Å². The van der Waals surface area contributed by atoms with Crippen molar-refractivity contribution in [1.82, 2.24) is 0 Å². The molecule has 0 saturated carbocycles. The van der Waals surface area contributed by atoms with Gasteiger partial charge in [0.2, 0.25) is 0 Å². The Hall–Kier alpha value is -3.90. The van der Waals surface area contributed by atoms with Crippen molar-refractivity contribution in [3.05, 3.63) is 131 Å². The molecule has 0 atom stereocenters. The molecule has 47 heavy (non-hydrogen) atoms. The molecule has 4 aromatic carbocycles. The number of unbranched alkanes of at least 4 members (excludes halogenated alkanes) is 3. The molecule has 0 heterocycles. The molecular weight excluding hydrogens is 565 g/mol. The Bertz CT molecular complexity index is 1640. The van der Waals surface area contributed by atoms with E-state index in [-0.39, 0.29) is 0 Å². The number of benzene rings is 4. The third kappa shape index (κ3) is 9.57. The second-order valence-electron chi connectivity index (χ2n) is 12.7. The van der Waals surface area contributed by atoms with E-state index in [0.717, 1.165) is 19.3 Å². The Morgan fingerprint density at radius 3 is 1.53 bits per heavy atom. The highest BCUT2D eigenvalue weighted by Gasteiger charge is 2.16. The smallest absolute Gasteiger partial charge is 0.0105 e. The first kappa shape index (κ1) is 37.6. The molecule has 0 fully saturated rings. The molecule has 248 valence electrons. The zero-order chi connectivity index (χ0) is 34.2. The molecule has 0 nitrogen and oxygen atoms in total.